The molecule has 2 fully saturated rings. The van der Waals surface area contributed by atoms with Crippen molar-refractivity contribution in [2.24, 2.45) is 5.41 Å². The molecule has 110 valence electrons. The van der Waals surface area contributed by atoms with E-state index in [1.807, 2.05) is 0 Å². The Labute approximate surface area is 121 Å². The second kappa shape index (κ2) is 4.95. The molecule has 21 heavy (non-hydrogen) atoms. The normalized spacial score (nSPS) is 21.0. The monoisotopic (exact) mass is 288 g/mol. The molecule has 0 atom stereocenters. The summed E-state index contributed by atoms with van der Waals surface area (Å²) in [5.41, 5.74) is 0.0204. The number of nitro groups is 1. The number of imide groups is 1. The van der Waals surface area contributed by atoms with Gasteiger partial charge in [-0.05, 0) is 24.3 Å². The maximum atomic E-state index is 12.4. The molecule has 0 bridgehead atoms. The van der Waals surface area contributed by atoms with Gasteiger partial charge in [-0.1, -0.05) is 18.9 Å². The van der Waals surface area contributed by atoms with Crippen LogP contribution in [-0.4, -0.2) is 16.7 Å². The van der Waals surface area contributed by atoms with Gasteiger partial charge in [-0.15, -0.1) is 0 Å². The molecule has 1 heterocycles. The summed E-state index contributed by atoms with van der Waals surface area (Å²) in [5, 5.41) is 10.8. The van der Waals surface area contributed by atoms with E-state index in [2.05, 4.69) is 0 Å². The molecule has 2 aliphatic rings. The van der Waals surface area contributed by atoms with Crippen LogP contribution in [0.15, 0.2) is 24.3 Å². The van der Waals surface area contributed by atoms with Crippen LogP contribution >= 0.6 is 0 Å². The fraction of sp³-hybridized carbons (Fsp3) is 0.467. The predicted molar refractivity (Wildman–Crippen MR) is 75.7 cm³/mol. The van der Waals surface area contributed by atoms with E-state index < -0.39 is 4.92 Å². The number of nitro benzene ring substituents is 1. The second-order valence-electron chi connectivity index (χ2n) is 5.96. The number of piperidine rings is 1. The van der Waals surface area contributed by atoms with E-state index in [1.54, 1.807) is 6.07 Å². The van der Waals surface area contributed by atoms with Gasteiger partial charge in [-0.3, -0.25) is 24.6 Å². The van der Waals surface area contributed by atoms with Gasteiger partial charge in [0.25, 0.3) is 5.69 Å². The maximum absolute atomic E-state index is 12.4. The third kappa shape index (κ3) is 2.41. The Kier molecular flexibility index (Phi) is 3.23. The summed E-state index contributed by atoms with van der Waals surface area (Å²) in [7, 11) is 0. The average Bonchev–Trinajstić information content (AvgIpc) is 2.86. The summed E-state index contributed by atoms with van der Waals surface area (Å²) in [6.45, 7) is 0. The lowest BCUT2D eigenvalue weighted by atomic mass is 9.76. The van der Waals surface area contributed by atoms with Gasteiger partial charge in [-0.2, -0.15) is 0 Å². The van der Waals surface area contributed by atoms with Crippen molar-refractivity contribution in [1.29, 1.82) is 0 Å². The Morgan fingerprint density at radius 3 is 2.29 bits per heavy atom. The average molecular weight is 288 g/mol. The fourth-order valence-corrected chi connectivity index (χ4v) is 3.51. The van der Waals surface area contributed by atoms with Crippen molar-refractivity contribution in [3.8, 4) is 0 Å². The lowest BCUT2D eigenvalue weighted by molar-refractivity contribution is -0.384. The molecule has 1 aliphatic carbocycles. The van der Waals surface area contributed by atoms with E-state index in [1.165, 1.54) is 18.2 Å². The van der Waals surface area contributed by atoms with Crippen LogP contribution in [0.1, 0.15) is 38.5 Å². The van der Waals surface area contributed by atoms with E-state index in [0.29, 0.717) is 18.5 Å². The highest BCUT2D eigenvalue weighted by molar-refractivity contribution is 6.17. The molecule has 0 N–H and O–H groups in total. The van der Waals surface area contributed by atoms with Gasteiger partial charge in [0.15, 0.2) is 0 Å². The molecule has 1 saturated heterocycles. The van der Waals surface area contributed by atoms with Crippen LogP contribution in [0.25, 0.3) is 0 Å². The first kappa shape index (κ1) is 13.7. The molecule has 3 rings (SSSR count). The van der Waals surface area contributed by atoms with Crippen LogP contribution in [0.3, 0.4) is 0 Å². The van der Waals surface area contributed by atoms with Crippen LogP contribution in [0.5, 0.6) is 0 Å². The summed E-state index contributed by atoms with van der Waals surface area (Å²) in [6, 6.07) is 5.69. The molecule has 2 amide bonds. The first-order valence-electron chi connectivity index (χ1n) is 7.11. The number of carbonyl (C=O) groups excluding carboxylic acids is 2. The quantitative estimate of drug-likeness (QED) is 0.476. The zero-order valence-corrected chi connectivity index (χ0v) is 11.6. The molecule has 6 heteroatoms. The van der Waals surface area contributed by atoms with E-state index in [0.717, 1.165) is 30.6 Å². The number of non-ortho nitro benzene ring substituents is 1. The zero-order valence-electron chi connectivity index (χ0n) is 11.6. The lowest BCUT2D eigenvalue weighted by Gasteiger charge is -2.37. The zero-order chi connectivity index (χ0) is 15.0. The molecule has 0 aromatic heterocycles. The highest BCUT2D eigenvalue weighted by Gasteiger charge is 2.45. The third-order valence-corrected chi connectivity index (χ3v) is 4.51. The largest absolute Gasteiger partial charge is 0.274 e. The summed E-state index contributed by atoms with van der Waals surface area (Å²) in [4.78, 5) is 36.2. The third-order valence-electron chi connectivity index (χ3n) is 4.51. The minimum Gasteiger partial charge on any atom is -0.274 e. The van der Waals surface area contributed by atoms with Crippen molar-refractivity contribution in [3.05, 3.63) is 34.4 Å². The maximum Gasteiger partial charge on any atom is 0.271 e. The van der Waals surface area contributed by atoms with Crippen molar-refractivity contribution in [3.63, 3.8) is 0 Å². The molecular weight excluding hydrogens is 272 g/mol. The van der Waals surface area contributed by atoms with Gasteiger partial charge in [-0.25, -0.2) is 0 Å². The van der Waals surface area contributed by atoms with Crippen molar-refractivity contribution in [2.75, 3.05) is 4.90 Å². The summed E-state index contributed by atoms with van der Waals surface area (Å²) in [5.74, 6) is -0.484. The predicted octanol–water partition coefficient (Wildman–Crippen LogP) is 2.81. The number of amides is 2. The summed E-state index contributed by atoms with van der Waals surface area (Å²) < 4.78 is 0. The van der Waals surface area contributed by atoms with Crippen LogP contribution in [0.4, 0.5) is 11.4 Å². The van der Waals surface area contributed by atoms with E-state index >= 15 is 0 Å². The van der Waals surface area contributed by atoms with E-state index in [4.69, 9.17) is 0 Å². The van der Waals surface area contributed by atoms with Crippen LogP contribution in [-0.2, 0) is 9.59 Å². The first-order chi connectivity index (χ1) is 10.0. The Balaban J connectivity index is 1.89. The Morgan fingerprint density at radius 2 is 1.71 bits per heavy atom. The number of carbonyl (C=O) groups is 2. The molecule has 0 radical (unpaired) electrons. The van der Waals surface area contributed by atoms with Gasteiger partial charge in [0.1, 0.15) is 0 Å². The number of nitrogens with zero attached hydrogens (tertiary/aromatic N) is 2. The molecule has 1 saturated carbocycles. The highest BCUT2D eigenvalue weighted by Crippen LogP contribution is 2.47. The topological polar surface area (TPSA) is 80.5 Å². The number of hydrogen-bond donors (Lipinski definition) is 0. The summed E-state index contributed by atoms with van der Waals surface area (Å²) >= 11 is 0. The van der Waals surface area contributed by atoms with Gasteiger partial charge in [0.05, 0.1) is 10.6 Å². The van der Waals surface area contributed by atoms with Gasteiger partial charge < -0.3 is 0 Å². The highest BCUT2D eigenvalue weighted by atomic mass is 16.6. The second-order valence-corrected chi connectivity index (χ2v) is 5.96. The lowest BCUT2D eigenvalue weighted by Crippen LogP contribution is -2.47. The molecule has 1 spiro atoms. The number of benzene rings is 1. The fourth-order valence-electron chi connectivity index (χ4n) is 3.51. The number of rotatable bonds is 2. The van der Waals surface area contributed by atoms with Gasteiger partial charge >= 0.3 is 0 Å². The molecular formula is C15H16N2O4. The Morgan fingerprint density at radius 1 is 1.10 bits per heavy atom. The number of hydrogen-bond acceptors (Lipinski definition) is 4. The number of anilines is 1. The Bertz CT molecular complexity index is 600. The van der Waals surface area contributed by atoms with Crippen molar-refractivity contribution in [2.45, 2.75) is 38.5 Å². The smallest absolute Gasteiger partial charge is 0.271 e. The van der Waals surface area contributed by atoms with Crippen molar-refractivity contribution >= 4 is 23.2 Å². The standard InChI is InChI=1S/C15H16N2O4/c18-13-9-15(6-1-2-7-15)10-14(19)16(13)11-4-3-5-12(8-11)17(20)21/h3-5,8H,1-2,6-7,9-10H2. The molecule has 0 unspecified atom stereocenters. The van der Waals surface area contributed by atoms with Crippen molar-refractivity contribution < 1.29 is 14.5 Å². The SMILES string of the molecule is O=C1CC2(CCCC2)CC(=O)N1c1cccc([N+](=O)[O-])c1. The van der Waals surface area contributed by atoms with E-state index in [-0.39, 0.29) is 22.9 Å². The first-order valence-corrected chi connectivity index (χ1v) is 7.11. The molecule has 6 nitrogen and oxygen atoms in total. The van der Waals surface area contributed by atoms with Gasteiger partial charge in [0.2, 0.25) is 11.8 Å². The summed E-state index contributed by atoms with van der Waals surface area (Å²) in [6.07, 6.45) is 4.71. The Hall–Kier alpha value is -2.24. The van der Waals surface area contributed by atoms with Crippen molar-refractivity contribution in [1.82, 2.24) is 0 Å². The van der Waals surface area contributed by atoms with Crippen LogP contribution < -0.4 is 4.90 Å². The van der Waals surface area contributed by atoms with Crippen LogP contribution in [0, 0.1) is 15.5 Å². The van der Waals surface area contributed by atoms with Gasteiger partial charge in [0, 0.05) is 25.0 Å². The molecule has 1 aliphatic heterocycles. The van der Waals surface area contributed by atoms with Crippen LogP contribution in [0.2, 0.25) is 0 Å². The minimum absolute atomic E-state index is 0.116. The molecule has 1 aromatic carbocycles. The minimum atomic E-state index is -0.527. The van der Waals surface area contributed by atoms with E-state index in [9.17, 15) is 19.7 Å². The molecule has 1 aromatic rings.